The van der Waals surface area contributed by atoms with Gasteiger partial charge in [0, 0.05) is 17.8 Å². The van der Waals surface area contributed by atoms with Crippen LogP contribution in [0.1, 0.15) is 11.6 Å². The second-order valence-electron chi connectivity index (χ2n) is 6.69. The Bertz CT molecular complexity index is 1220. The highest BCUT2D eigenvalue weighted by atomic mass is 32.1. The van der Waals surface area contributed by atoms with Crippen molar-refractivity contribution in [2.75, 3.05) is 11.9 Å². The van der Waals surface area contributed by atoms with Crippen LogP contribution in [0, 0.1) is 6.92 Å². The number of para-hydroxylation sites is 2. The molecule has 6 heteroatoms. The number of hydrogen-bond acceptors (Lipinski definition) is 5. The normalized spacial score (nSPS) is 11.3. The molecule has 0 saturated heterocycles. The lowest BCUT2D eigenvalue weighted by Gasteiger charge is -2.06. The third-order valence-electron chi connectivity index (χ3n) is 4.66. The summed E-state index contributed by atoms with van der Waals surface area (Å²) in [6.45, 7) is 2.69. The molecule has 0 saturated carbocycles. The second-order valence-corrected chi connectivity index (χ2v) is 7.72. The fourth-order valence-electron chi connectivity index (χ4n) is 3.33. The van der Waals surface area contributed by atoms with Crippen molar-refractivity contribution in [3.8, 4) is 10.4 Å². The summed E-state index contributed by atoms with van der Waals surface area (Å²) in [6.07, 6.45) is 0.800. The van der Waals surface area contributed by atoms with E-state index in [1.807, 2.05) is 37.3 Å². The van der Waals surface area contributed by atoms with Crippen LogP contribution < -0.4 is 5.32 Å². The Kier molecular flexibility index (Phi) is 4.25. The molecule has 0 aliphatic carbocycles. The van der Waals surface area contributed by atoms with Gasteiger partial charge in [-0.3, -0.25) is 0 Å². The van der Waals surface area contributed by atoms with E-state index < -0.39 is 0 Å². The van der Waals surface area contributed by atoms with Gasteiger partial charge in [0.25, 0.3) is 0 Å². The molecular formula is C22H19N5S. The van der Waals surface area contributed by atoms with E-state index in [4.69, 9.17) is 0 Å². The van der Waals surface area contributed by atoms with Crippen molar-refractivity contribution in [3.63, 3.8) is 0 Å². The molecule has 138 valence electrons. The molecule has 3 heterocycles. The zero-order valence-corrected chi connectivity index (χ0v) is 16.3. The highest BCUT2D eigenvalue weighted by molar-refractivity contribution is 7.21. The molecule has 2 N–H and O–H groups in total. The van der Waals surface area contributed by atoms with Gasteiger partial charge in [-0.2, -0.15) is 0 Å². The Balaban J connectivity index is 1.39. The van der Waals surface area contributed by atoms with E-state index in [0.29, 0.717) is 0 Å². The minimum Gasteiger partial charge on any atom is -0.369 e. The van der Waals surface area contributed by atoms with Gasteiger partial charge in [-0.25, -0.2) is 15.0 Å². The van der Waals surface area contributed by atoms with Gasteiger partial charge in [0.05, 0.1) is 16.4 Å². The molecule has 28 heavy (non-hydrogen) atoms. The highest BCUT2D eigenvalue weighted by Crippen LogP contribution is 2.35. The molecule has 0 radical (unpaired) electrons. The first kappa shape index (κ1) is 16.9. The first-order valence-corrected chi connectivity index (χ1v) is 10.1. The molecule has 0 fully saturated rings. The summed E-state index contributed by atoms with van der Waals surface area (Å²) >= 11 is 1.70. The third-order valence-corrected chi connectivity index (χ3v) is 5.73. The molecule has 0 spiro atoms. The summed E-state index contributed by atoms with van der Waals surface area (Å²) in [5, 5.41) is 4.55. The molecule has 0 atom stereocenters. The first-order chi connectivity index (χ1) is 13.8. The summed E-state index contributed by atoms with van der Waals surface area (Å²) in [5.74, 6) is 2.64. The number of benzene rings is 2. The van der Waals surface area contributed by atoms with Crippen molar-refractivity contribution in [3.05, 3.63) is 72.3 Å². The van der Waals surface area contributed by atoms with Crippen LogP contribution in [-0.2, 0) is 6.42 Å². The summed E-state index contributed by atoms with van der Waals surface area (Å²) in [7, 11) is 0. The van der Waals surface area contributed by atoms with Crippen LogP contribution in [0.2, 0.25) is 0 Å². The van der Waals surface area contributed by atoms with Gasteiger partial charge in [0.15, 0.2) is 0 Å². The van der Waals surface area contributed by atoms with Crippen LogP contribution in [0.4, 0.5) is 5.82 Å². The van der Waals surface area contributed by atoms with Crippen molar-refractivity contribution in [1.82, 2.24) is 19.9 Å². The first-order valence-electron chi connectivity index (χ1n) is 9.27. The number of anilines is 1. The lowest BCUT2D eigenvalue weighted by Crippen LogP contribution is -2.08. The SMILES string of the molecule is Cc1nc(NCCc2nc3ccccc3[nH]2)c2cc(-c3ccccc3)sc2n1. The predicted octanol–water partition coefficient (Wildman–Crippen LogP) is 5.20. The topological polar surface area (TPSA) is 66.5 Å². The lowest BCUT2D eigenvalue weighted by atomic mass is 10.2. The van der Waals surface area contributed by atoms with E-state index >= 15 is 0 Å². The monoisotopic (exact) mass is 385 g/mol. The number of nitrogens with zero attached hydrogens (tertiary/aromatic N) is 3. The van der Waals surface area contributed by atoms with E-state index in [1.54, 1.807) is 11.3 Å². The number of hydrogen-bond donors (Lipinski definition) is 2. The molecule has 3 aromatic heterocycles. The molecule has 5 aromatic rings. The minimum atomic E-state index is 0.752. The number of aromatic amines is 1. The summed E-state index contributed by atoms with van der Waals surface area (Å²) in [6, 6.07) is 20.7. The Hall–Kier alpha value is -3.25. The number of fused-ring (bicyclic) bond motifs is 2. The molecule has 5 nitrogen and oxygen atoms in total. The zero-order valence-electron chi connectivity index (χ0n) is 15.4. The minimum absolute atomic E-state index is 0.752. The molecule has 0 unspecified atom stereocenters. The summed E-state index contributed by atoms with van der Waals surface area (Å²) in [4.78, 5) is 19.5. The molecule has 0 bridgehead atoms. The van der Waals surface area contributed by atoms with Crippen LogP contribution in [-0.4, -0.2) is 26.5 Å². The lowest BCUT2D eigenvalue weighted by molar-refractivity contribution is 0.926. The molecule has 0 aliphatic heterocycles. The third kappa shape index (κ3) is 3.23. The van der Waals surface area contributed by atoms with E-state index in [-0.39, 0.29) is 0 Å². The van der Waals surface area contributed by atoms with Gasteiger partial charge in [-0.05, 0) is 30.7 Å². The van der Waals surface area contributed by atoms with E-state index in [1.165, 1.54) is 10.4 Å². The van der Waals surface area contributed by atoms with E-state index in [0.717, 1.165) is 51.7 Å². The van der Waals surface area contributed by atoms with Crippen LogP contribution in [0.3, 0.4) is 0 Å². The average Bonchev–Trinajstić information content (AvgIpc) is 3.32. The van der Waals surface area contributed by atoms with Crippen molar-refractivity contribution in [2.45, 2.75) is 13.3 Å². The maximum Gasteiger partial charge on any atom is 0.138 e. The fraction of sp³-hybridized carbons (Fsp3) is 0.136. The van der Waals surface area contributed by atoms with Crippen LogP contribution in [0.25, 0.3) is 31.7 Å². The van der Waals surface area contributed by atoms with Gasteiger partial charge in [0.1, 0.15) is 22.3 Å². The number of thiophene rings is 1. The quantitative estimate of drug-likeness (QED) is 0.436. The Labute approximate surface area is 166 Å². The van der Waals surface area contributed by atoms with Crippen molar-refractivity contribution >= 4 is 38.4 Å². The number of nitrogens with one attached hydrogen (secondary N) is 2. The second kappa shape index (κ2) is 7.05. The van der Waals surface area contributed by atoms with Crippen molar-refractivity contribution in [1.29, 1.82) is 0 Å². The van der Waals surface area contributed by atoms with Crippen LogP contribution in [0.15, 0.2) is 60.7 Å². The average molecular weight is 385 g/mol. The van der Waals surface area contributed by atoms with Gasteiger partial charge in [-0.1, -0.05) is 42.5 Å². The van der Waals surface area contributed by atoms with Crippen LogP contribution in [0.5, 0.6) is 0 Å². The van der Waals surface area contributed by atoms with Crippen LogP contribution >= 0.6 is 11.3 Å². The van der Waals surface area contributed by atoms with Crippen molar-refractivity contribution < 1.29 is 0 Å². The number of aryl methyl sites for hydroxylation is 1. The molecule has 5 rings (SSSR count). The zero-order chi connectivity index (χ0) is 18.9. The number of H-pyrrole nitrogens is 1. The summed E-state index contributed by atoms with van der Waals surface area (Å²) in [5.41, 5.74) is 3.28. The summed E-state index contributed by atoms with van der Waals surface area (Å²) < 4.78 is 0. The predicted molar refractivity (Wildman–Crippen MR) is 116 cm³/mol. The van der Waals surface area contributed by atoms with E-state index in [2.05, 4.69) is 55.6 Å². The van der Waals surface area contributed by atoms with Crippen molar-refractivity contribution in [2.24, 2.45) is 0 Å². The smallest absolute Gasteiger partial charge is 0.138 e. The fourth-order valence-corrected chi connectivity index (χ4v) is 4.41. The van der Waals surface area contributed by atoms with Gasteiger partial charge < -0.3 is 10.3 Å². The van der Waals surface area contributed by atoms with E-state index in [9.17, 15) is 0 Å². The maximum atomic E-state index is 4.64. The standard InChI is InChI=1S/C22H19N5S/c1-14-24-21(23-12-11-20-26-17-9-5-6-10-18(17)27-20)16-13-19(28-22(16)25-14)15-7-3-2-4-8-15/h2-10,13H,11-12H2,1H3,(H,26,27)(H,23,24,25). The molecule has 0 amide bonds. The number of rotatable bonds is 5. The van der Waals surface area contributed by atoms with Gasteiger partial charge in [-0.15, -0.1) is 11.3 Å². The molecule has 0 aliphatic rings. The van der Waals surface area contributed by atoms with Gasteiger partial charge in [0.2, 0.25) is 0 Å². The Morgan fingerprint density at radius 3 is 2.64 bits per heavy atom. The molecule has 2 aromatic carbocycles. The Morgan fingerprint density at radius 1 is 0.964 bits per heavy atom. The molecular weight excluding hydrogens is 366 g/mol. The number of imidazole rings is 1. The number of aromatic nitrogens is 4. The maximum absolute atomic E-state index is 4.64. The Morgan fingerprint density at radius 2 is 1.79 bits per heavy atom. The largest absolute Gasteiger partial charge is 0.369 e. The van der Waals surface area contributed by atoms with Gasteiger partial charge >= 0.3 is 0 Å². The highest BCUT2D eigenvalue weighted by Gasteiger charge is 2.12.